The van der Waals surface area contributed by atoms with Crippen LogP contribution in [-0.2, 0) is 6.54 Å². The Balaban J connectivity index is 2.39. The molecule has 1 aliphatic rings. The van der Waals surface area contributed by atoms with E-state index >= 15 is 0 Å². The summed E-state index contributed by atoms with van der Waals surface area (Å²) in [5, 5.41) is 3.26. The van der Waals surface area contributed by atoms with Gasteiger partial charge in [-0.05, 0) is 23.3 Å². The van der Waals surface area contributed by atoms with Gasteiger partial charge in [0, 0.05) is 19.1 Å². The van der Waals surface area contributed by atoms with Crippen molar-refractivity contribution in [2.75, 3.05) is 13.7 Å². The molecular formula is C10H14N2O. The summed E-state index contributed by atoms with van der Waals surface area (Å²) in [5.74, 6) is 0.898. The molecule has 0 amide bonds. The standard InChI is InChI=1S/C10H14N2O/c1-13-8-2-3-9-7(4-8)5-12-6-10(9)11/h2-4,10,12H,5-6,11H2,1H3. The zero-order chi connectivity index (χ0) is 9.26. The lowest BCUT2D eigenvalue weighted by Crippen LogP contribution is -2.32. The number of fused-ring (bicyclic) bond motifs is 1. The molecule has 70 valence electrons. The van der Waals surface area contributed by atoms with Gasteiger partial charge >= 0.3 is 0 Å². The van der Waals surface area contributed by atoms with Crippen molar-refractivity contribution >= 4 is 0 Å². The van der Waals surface area contributed by atoms with Gasteiger partial charge in [0.1, 0.15) is 5.75 Å². The Morgan fingerprint density at radius 1 is 1.54 bits per heavy atom. The van der Waals surface area contributed by atoms with Crippen molar-refractivity contribution in [1.82, 2.24) is 5.32 Å². The number of methoxy groups -OCH3 is 1. The number of rotatable bonds is 1. The molecule has 0 bridgehead atoms. The van der Waals surface area contributed by atoms with Gasteiger partial charge in [0.05, 0.1) is 7.11 Å². The average Bonchev–Trinajstić information content (AvgIpc) is 2.18. The van der Waals surface area contributed by atoms with Crippen molar-refractivity contribution in [3.8, 4) is 5.75 Å². The third kappa shape index (κ3) is 1.53. The molecule has 2 rings (SSSR count). The first kappa shape index (κ1) is 8.53. The van der Waals surface area contributed by atoms with Crippen molar-refractivity contribution in [2.24, 2.45) is 5.73 Å². The maximum atomic E-state index is 5.93. The van der Waals surface area contributed by atoms with Crippen LogP contribution in [0.25, 0.3) is 0 Å². The molecular weight excluding hydrogens is 164 g/mol. The number of hydrogen-bond acceptors (Lipinski definition) is 3. The fraction of sp³-hybridized carbons (Fsp3) is 0.400. The molecule has 1 aromatic rings. The third-order valence-electron chi connectivity index (χ3n) is 2.43. The molecule has 1 heterocycles. The van der Waals surface area contributed by atoms with E-state index in [2.05, 4.69) is 11.4 Å². The van der Waals surface area contributed by atoms with Gasteiger partial charge in [0.2, 0.25) is 0 Å². The molecule has 0 spiro atoms. The Bertz CT molecular complexity index is 312. The van der Waals surface area contributed by atoms with Crippen LogP contribution in [0.3, 0.4) is 0 Å². The highest BCUT2D eigenvalue weighted by Gasteiger charge is 2.15. The van der Waals surface area contributed by atoms with Crippen LogP contribution in [-0.4, -0.2) is 13.7 Å². The summed E-state index contributed by atoms with van der Waals surface area (Å²) >= 11 is 0. The second-order valence-corrected chi connectivity index (χ2v) is 3.30. The zero-order valence-corrected chi connectivity index (χ0v) is 7.71. The topological polar surface area (TPSA) is 47.3 Å². The van der Waals surface area contributed by atoms with E-state index in [0.29, 0.717) is 0 Å². The maximum Gasteiger partial charge on any atom is 0.119 e. The van der Waals surface area contributed by atoms with Gasteiger partial charge in [-0.2, -0.15) is 0 Å². The molecule has 0 aliphatic carbocycles. The van der Waals surface area contributed by atoms with Gasteiger partial charge in [-0.1, -0.05) is 6.07 Å². The minimum atomic E-state index is 0.120. The smallest absolute Gasteiger partial charge is 0.119 e. The lowest BCUT2D eigenvalue weighted by atomic mass is 9.97. The van der Waals surface area contributed by atoms with Gasteiger partial charge in [0.15, 0.2) is 0 Å². The molecule has 3 N–H and O–H groups in total. The van der Waals surface area contributed by atoms with Crippen LogP contribution >= 0.6 is 0 Å². The molecule has 13 heavy (non-hydrogen) atoms. The van der Waals surface area contributed by atoms with Crippen molar-refractivity contribution < 1.29 is 4.74 Å². The second-order valence-electron chi connectivity index (χ2n) is 3.30. The van der Waals surface area contributed by atoms with Crippen molar-refractivity contribution in [3.05, 3.63) is 29.3 Å². The lowest BCUT2D eigenvalue weighted by molar-refractivity contribution is 0.412. The highest BCUT2D eigenvalue weighted by Crippen LogP contribution is 2.24. The predicted octanol–water partition coefficient (Wildman–Crippen LogP) is 0.798. The molecule has 0 radical (unpaired) electrons. The molecule has 0 saturated carbocycles. The van der Waals surface area contributed by atoms with Gasteiger partial charge < -0.3 is 15.8 Å². The Morgan fingerprint density at radius 3 is 3.15 bits per heavy atom. The molecule has 1 aromatic carbocycles. The van der Waals surface area contributed by atoms with E-state index in [-0.39, 0.29) is 6.04 Å². The Hall–Kier alpha value is -1.06. The number of hydrogen-bond donors (Lipinski definition) is 2. The summed E-state index contributed by atoms with van der Waals surface area (Å²) in [4.78, 5) is 0. The van der Waals surface area contributed by atoms with Crippen LogP contribution in [0.15, 0.2) is 18.2 Å². The van der Waals surface area contributed by atoms with E-state index in [4.69, 9.17) is 10.5 Å². The molecule has 1 aliphatic heterocycles. The Kier molecular flexibility index (Phi) is 2.20. The largest absolute Gasteiger partial charge is 0.497 e. The molecule has 0 saturated heterocycles. The highest BCUT2D eigenvalue weighted by atomic mass is 16.5. The number of nitrogens with one attached hydrogen (secondary N) is 1. The third-order valence-corrected chi connectivity index (χ3v) is 2.43. The first-order valence-electron chi connectivity index (χ1n) is 4.44. The van der Waals surface area contributed by atoms with E-state index in [1.54, 1.807) is 7.11 Å². The Labute approximate surface area is 77.9 Å². The molecule has 1 unspecified atom stereocenters. The predicted molar refractivity (Wildman–Crippen MR) is 51.6 cm³/mol. The van der Waals surface area contributed by atoms with E-state index < -0.39 is 0 Å². The van der Waals surface area contributed by atoms with Crippen molar-refractivity contribution in [1.29, 1.82) is 0 Å². The van der Waals surface area contributed by atoms with Gasteiger partial charge in [-0.15, -0.1) is 0 Å². The fourth-order valence-corrected chi connectivity index (χ4v) is 1.70. The fourth-order valence-electron chi connectivity index (χ4n) is 1.70. The lowest BCUT2D eigenvalue weighted by Gasteiger charge is -2.23. The minimum Gasteiger partial charge on any atom is -0.497 e. The van der Waals surface area contributed by atoms with Crippen LogP contribution in [0.2, 0.25) is 0 Å². The van der Waals surface area contributed by atoms with Gasteiger partial charge in [-0.3, -0.25) is 0 Å². The summed E-state index contributed by atoms with van der Waals surface area (Å²) in [6.45, 7) is 1.75. The Morgan fingerprint density at radius 2 is 2.38 bits per heavy atom. The number of nitrogens with two attached hydrogens (primary N) is 1. The molecule has 3 nitrogen and oxygen atoms in total. The zero-order valence-electron chi connectivity index (χ0n) is 7.71. The minimum absolute atomic E-state index is 0.120. The second kappa shape index (κ2) is 3.36. The number of ether oxygens (including phenoxy) is 1. The summed E-state index contributed by atoms with van der Waals surface area (Å²) in [5.41, 5.74) is 8.42. The van der Waals surface area contributed by atoms with Crippen LogP contribution < -0.4 is 15.8 Å². The SMILES string of the molecule is COc1ccc2c(c1)CNCC2N. The van der Waals surface area contributed by atoms with Crippen molar-refractivity contribution in [3.63, 3.8) is 0 Å². The molecule has 0 fully saturated rings. The first-order chi connectivity index (χ1) is 6.31. The van der Waals surface area contributed by atoms with Gasteiger partial charge in [0.25, 0.3) is 0 Å². The van der Waals surface area contributed by atoms with E-state index in [1.165, 1.54) is 11.1 Å². The quantitative estimate of drug-likeness (QED) is 0.668. The summed E-state index contributed by atoms with van der Waals surface area (Å²) in [6, 6.07) is 6.18. The van der Waals surface area contributed by atoms with Crippen LogP contribution in [0, 0.1) is 0 Å². The highest BCUT2D eigenvalue weighted by molar-refractivity contribution is 5.38. The summed E-state index contributed by atoms with van der Waals surface area (Å²) < 4.78 is 5.15. The normalized spacial score (nSPS) is 20.9. The monoisotopic (exact) mass is 178 g/mol. The molecule has 1 atom stereocenters. The van der Waals surface area contributed by atoms with E-state index in [1.807, 2.05) is 12.1 Å². The first-order valence-corrected chi connectivity index (χ1v) is 4.44. The number of benzene rings is 1. The van der Waals surface area contributed by atoms with Crippen LogP contribution in [0.4, 0.5) is 0 Å². The van der Waals surface area contributed by atoms with Crippen LogP contribution in [0.1, 0.15) is 17.2 Å². The average molecular weight is 178 g/mol. The van der Waals surface area contributed by atoms with E-state index in [0.717, 1.165) is 18.8 Å². The summed E-state index contributed by atoms with van der Waals surface area (Å²) in [7, 11) is 1.68. The van der Waals surface area contributed by atoms with Crippen molar-refractivity contribution in [2.45, 2.75) is 12.6 Å². The van der Waals surface area contributed by atoms with Gasteiger partial charge in [-0.25, -0.2) is 0 Å². The maximum absolute atomic E-state index is 5.93. The van der Waals surface area contributed by atoms with Crippen LogP contribution in [0.5, 0.6) is 5.75 Å². The summed E-state index contributed by atoms with van der Waals surface area (Å²) in [6.07, 6.45) is 0. The molecule has 3 heteroatoms. The molecule has 0 aromatic heterocycles. The van der Waals surface area contributed by atoms with E-state index in [9.17, 15) is 0 Å².